The summed E-state index contributed by atoms with van der Waals surface area (Å²) in [6.07, 6.45) is 3.66. The summed E-state index contributed by atoms with van der Waals surface area (Å²) in [5.41, 5.74) is 0. The van der Waals surface area contributed by atoms with Gasteiger partial charge in [-0.25, -0.2) is 4.68 Å². The summed E-state index contributed by atoms with van der Waals surface area (Å²) in [4.78, 5) is 0. The summed E-state index contributed by atoms with van der Waals surface area (Å²) in [6.45, 7) is 0. The Balaban J connectivity index is 2.36. The van der Waals surface area contributed by atoms with Crippen molar-refractivity contribution in [3.8, 4) is 0 Å². The van der Waals surface area contributed by atoms with Gasteiger partial charge < -0.3 is 5.84 Å². The van der Waals surface area contributed by atoms with Gasteiger partial charge in [-0.3, -0.25) is 5.10 Å². The molecule has 0 atom stereocenters. The van der Waals surface area contributed by atoms with Gasteiger partial charge in [0.15, 0.2) is 5.82 Å². The van der Waals surface area contributed by atoms with Gasteiger partial charge in [-0.1, -0.05) is 6.42 Å². The molecule has 11 heavy (non-hydrogen) atoms. The minimum absolute atomic E-state index is 0.506. The Morgan fingerprint density at radius 3 is 2.73 bits per heavy atom. The topological polar surface area (TPSA) is 59.6 Å². The second-order valence-corrected chi connectivity index (χ2v) is 3.27. The molecule has 0 spiro atoms. The average Bonchev–Trinajstić information content (AvgIpc) is 2.15. The smallest absolute Gasteiger partial charge is 0.214 e. The highest BCUT2D eigenvalue weighted by molar-refractivity contribution is 7.71. The first-order chi connectivity index (χ1) is 5.29. The van der Waals surface area contributed by atoms with E-state index < -0.39 is 0 Å². The molecule has 0 unspecified atom stereocenters. The van der Waals surface area contributed by atoms with Crippen molar-refractivity contribution in [1.29, 1.82) is 0 Å². The van der Waals surface area contributed by atoms with Crippen molar-refractivity contribution in [3.05, 3.63) is 10.6 Å². The lowest BCUT2D eigenvalue weighted by atomic mass is 9.85. The van der Waals surface area contributed by atoms with E-state index in [1.807, 2.05) is 0 Å². The zero-order valence-corrected chi connectivity index (χ0v) is 6.90. The number of aromatic amines is 1. The molecule has 60 valence electrons. The van der Waals surface area contributed by atoms with E-state index in [4.69, 9.17) is 18.1 Å². The number of hydrogen-bond donors (Lipinski definition) is 2. The Hall–Kier alpha value is -0.840. The number of nitrogen functional groups attached to an aromatic ring is 1. The van der Waals surface area contributed by atoms with Crippen LogP contribution in [-0.4, -0.2) is 14.9 Å². The zero-order chi connectivity index (χ0) is 7.84. The molecule has 0 aliphatic heterocycles. The van der Waals surface area contributed by atoms with Crippen LogP contribution in [0.25, 0.3) is 0 Å². The van der Waals surface area contributed by atoms with Gasteiger partial charge in [0, 0.05) is 5.92 Å². The lowest BCUT2D eigenvalue weighted by Crippen LogP contribution is -2.20. The first kappa shape index (κ1) is 6.84. The quantitative estimate of drug-likeness (QED) is 0.486. The van der Waals surface area contributed by atoms with Gasteiger partial charge >= 0.3 is 0 Å². The van der Waals surface area contributed by atoms with Gasteiger partial charge in [0.2, 0.25) is 4.77 Å². The first-order valence-electron chi connectivity index (χ1n) is 3.71. The summed E-state index contributed by atoms with van der Waals surface area (Å²) in [5, 5.41) is 6.73. The van der Waals surface area contributed by atoms with E-state index in [2.05, 4.69) is 10.2 Å². The predicted molar refractivity (Wildman–Crippen MR) is 44.2 cm³/mol. The monoisotopic (exact) mass is 170 g/mol. The molecular formula is C6H10N4S. The highest BCUT2D eigenvalue weighted by Crippen LogP contribution is 2.34. The number of rotatable bonds is 1. The molecule has 4 nitrogen and oxygen atoms in total. The number of hydrogen-bond acceptors (Lipinski definition) is 3. The van der Waals surface area contributed by atoms with Crippen LogP contribution < -0.4 is 5.84 Å². The summed E-state index contributed by atoms with van der Waals surface area (Å²) in [6, 6.07) is 0. The maximum absolute atomic E-state index is 5.63. The first-order valence-corrected chi connectivity index (χ1v) is 4.12. The number of nitrogens with zero attached hydrogens (tertiary/aromatic N) is 2. The van der Waals surface area contributed by atoms with Crippen LogP contribution in [0.1, 0.15) is 31.0 Å². The molecule has 1 saturated carbocycles. The summed E-state index contributed by atoms with van der Waals surface area (Å²) >= 11 is 4.89. The van der Waals surface area contributed by atoms with E-state index in [0.29, 0.717) is 10.7 Å². The van der Waals surface area contributed by atoms with Crippen LogP contribution in [0.4, 0.5) is 0 Å². The largest absolute Gasteiger partial charge is 0.335 e. The highest BCUT2D eigenvalue weighted by atomic mass is 32.1. The van der Waals surface area contributed by atoms with E-state index >= 15 is 0 Å². The standard InChI is InChI=1S/C6H10N4S/c7-10-5(4-2-1-3-4)8-9-6(10)11/h4H,1-3,7H2,(H,9,11). The second-order valence-electron chi connectivity index (χ2n) is 2.88. The van der Waals surface area contributed by atoms with Gasteiger partial charge in [0.1, 0.15) is 0 Å². The van der Waals surface area contributed by atoms with Crippen LogP contribution in [0.2, 0.25) is 0 Å². The maximum atomic E-state index is 5.63. The fourth-order valence-corrected chi connectivity index (χ4v) is 1.41. The summed E-state index contributed by atoms with van der Waals surface area (Å²) in [7, 11) is 0. The van der Waals surface area contributed by atoms with Crippen molar-refractivity contribution >= 4 is 12.2 Å². The van der Waals surface area contributed by atoms with E-state index in [1.54, 1.807) is 0 Å². The van der Waals surface area contributed by atoms with Crippen LogP contribution in [0, 0.1) is 4.77 Å². The summed E-state index contributed by atoms with van der Waals surface area (Å²) < 4.78 is 1.98. The highest BCUT2D eigenvalue weighted by Gasteiger charge is 2.24. The number of aromatic nitrogens is 3. The Bertz CT molecular complexity index is 309. The molecule has 0 bridgehead atoms. The number of nitrogens with two attached hydrogens (primary N) is 1. The van der Waals surface area contributed by atoms with Gasteiger partial charge in [-0.15, -0.1) is 0 Å². The fraction of sp³-hybridized carbons (Fsp3) is 0.667. The average molecular weight is 170 g/mol. The third-order valence-corrected chi connectivity index (χ3v) is 2.49. The van der Waals surface area contributed by atoms with Gasteiger partial charge in [-0.2, -0.15) is 5.10 Å². The molecule has 0 aromatic carbocycles. The molecule has 3 N–H and O–H groups in total. The van der Waals surface area contributed by atoms with Gasteiger partial charge in [0.25, 0.3) is 0 Å². The molecule has 1 aliphatic carbocycles. The molecule has 5 heteroatoms. The minimum atomic E-state index is 0.506. The van der Waals surface area contributed by atoms with Crippen LogP contribution in [0.15, 0.2) is 0 Å². The maximum Gasteiger partial charge on any atom is 0.214 e. The molecular weight excluding hydrogens is 160 g/mol. The van der Waals surface area contributed by atoms with Crippen molar-refractivity contribution in [2.24, 2.45) is 0 Å². The Morgan fingerprint density at radius 1 is 1.64 bits per heavy atom. The Labute approximate surface area is 69.4 Å². The third-order valence-electron chi connectivity index (χ3n) is 2.20. The predicted octanol–water partition coefficient (Wildman–Crippen LogP) is 0.922. The van der Waals surface area contributed by atoms with E-state index in [-0.39, 0.29) is 0 Å². The van der Waals surface area contributed by atoms with Crippen molar-refractivity contribution in [1.82, 2.24) is 14.9 Å². The molecule has 1 aromatic rings. The minimum Gasteiger partial charge on any atom is -0.335 e. The molecule has 0 amide bonds. The molecule has 1 heterocycles. The SMILES string of the molecule is Nn1c(C2CCC2)n[nH]c1=S. The van der Waals surface area contributed by atoms with E-state index in [0.717, 1.165) is 5.82 Å². The molecule has 1 aromatic heterocycles. The van der Waals surface area contributed by atoms with Crippen LogP contribution in [-0.2, 0) is 0 Å². The molecule has 0 saturated heterocycles. The Morgan fingerprint density at radius 2 is 2.36 bits per heavy atom. The van der Waals surface area contributed by atoms with Crippen molar-refractivity contribution in [3.63, 3.8) is 0 Å². The van der Waals surface area contributed by atoms with Crippen LogP contribution in [0.5, 0.6) is 0 Å². The van der Waals surface area contributed by atoms with Crippen LogP contribution in [0.3, 0.4) is 0 Å². The molecule has 2 rings (SSSR count). The molecule has 1 aliphatic rings. The van der Waals surface area contributed by atoms with Crippen molar-refractivity contribution < 1.29 is 0 Å². The van der Waals surface area contributed by atoms with Gasteiger partial charge in [0.05, 0.1) is 0 Å². The number of H-pyrrole nitrogens is 1. The third kappa shape index (κ3) is 0.956. The fourth-order valence-electron chi connectivity index (χ4n) is 1.27. The lowest BCUT2D eigenvalue weighted by molar-refractivity contribution is 0.394. The van der Waals surface area contributed by atoms with Gasteiger partial charge in [-0.05, 0) is 25.1 Å². The van der Waals surface area contributed by atoms with Crippen LogP contribution >= 0.6 is 12.2 Å². The van der Waals surface area contributed by atoms with E-state index in [1.165, 1.54) is 23.9 Å². The van der Waals surface area contributed by atoms with Crippen molar-refractivity contribution in [2.45, 2.75) is 25.2 Å². The molecule has 0 radical (unpaired) electrons. The lowest BCUT2D eigenvalue weighted by Gasteiger charge is -2.23. The molecule has 1 fully saturated rings. The Kier molecular flexibility index (Phi) is 1.45. The van der Waals surface area contributed by atoms with E-state index in [9.17, 15) is 0 Å². The number of nitrogens with one attached hydrogen (secondary N) is 1. The second kappa shape index (κ2) is 2.34. The normalized spacial score (nSPS) is 18.2. The zero-order valence-electron chi connectivity index (χ0n) is 6.08. The summed E-state index contributed by atoms with van der Waals surface area (Å²) in [5.74, 6) is 7.07. The van der Waals surface area contributed by atoms with Crippen molar-refractivity contribution in [2.75, 3.05) is 5.84 Å².